The van der Waals surface area contributed by atoms with E-state index >= 15 is 0 Å². The lowest BCUT2D eigenvalue weighted by atomic mass is 9.83. The molecule has 0 radical (unpaired) electrons. The van der Waals surface area contributed by atoms with Crippen molar-refractivity contribution in [3.8, 4) is 0 Å². The average molecular weight is 347 g/mol. The third-order valence-electron chi connectivity index (χ3n) is 3.67. The first-order valence-corrected chi connectivity index (χ1v) is 7.25. The van der Waals surface area contributed by atoms with Gasteiger partial charge < -0.3 is 10.4 Å². The van der Waals surface area contributed by atoms with Crippen LogP contribution in [-0.2, 0) is 0 Å². The first kappa shape index (κ1) is 14.8. The van der Waals surface area contributed by atoms with Gasteiger partial charge in [-0.05, 0) is 60.1 Å². The van der Waals surface area contributed by atoms with E-state index in [2.05, 4.69) is 66.9 Å². The van der Waals surface area contributed by atoms with Gasteiger partial charge in [0.1, 0.15) is 0 Å². The fraction of sp³-hybridized carbons (Fsp3) is 0.571. The van der Waals surface area contributed by atoms with Gasteiger partial charge in [-0.15, -0.1) is 0 Å². The van der Waals surface area contributed by atoms with Gasteiger partial charge in [0.25, 0.3) is 0 Å². The minimum atomic E-state index is 0.0102. The third kappa shape index (κ3) is 3.85. The Bertz CT molecular complexity index is 353. The molecule has 96 valence electrons. The van der Waals surface area contributed by atoms with Gasteiger partial charge in [-0.3, -0.25) is 0 Å². The van der Waals surface area contributed by atoms with Crippen LogP contribution in [0, 0.1) is 15.9 Å². The summed E-state index contributed by atoms with van der Waals surface area (Å²) in [7, 11) is 0. The van der Waals surface area contributed by atoms with E-state index in [0.29, 0.717) is 0 Å². The summed E-state index contributed by atoms with van der Waals surface area (Å²) in [4.78, 5) is 0. The second kappa shape index (κ2) is 6.59. The number of aryl methyl sites for hydroxylation is 1. The van der Waals surface area contributed by atoms with Gasteiger partial charge in [0.05, 0.1) is 6.61 Å². The highest BCUT2D eigenvalue weighted by atomic mass is 127. The molecule has 3 heteroatoms. The van der Waals surface area contributed by atoms with Crippen molar-refractivity contribution in [1.29, 1.82) is 0 Å². The lowest BCUT2D eigenvalue weighted by Gasteiger charge is -2.30. The minimum Gasteiger partial charge on any atom is -0.396 e. The maximum atomic E-state index is 9.51. The summed E-state index contributed by atoms with van der Waals surface area (Å²) in [5.41, 5.74) is 2.45. The van der Waals surface area contributed by atoms with Gasteiger partial charge in [0, 0.05) is 21.2 Å². The normalized spacial score (nSPS) is 11.6. The molecule has 0 aliphatic rings. The smallest absolute Gasteiger partial charge is 0.0504 e. The molecular weight excluding hydrogens is 325 g/mol. The Morgan fingerprint density at radius 1 is 1.29 bits per heavy atom. The fourth-order valence-electron chi connectivity index (χ4n) is 1.77. The Kier molecular flexibility index (Phi) is 5.73. The summed E-state index contributed by atoms with van der Waals surface area (Å²) in [6.45, 7) is 7.47. The van der Waals surface area contributed by atoms with Crippen LogP contribution in [0.5, 0.6) is 0 Å². The predicted molar refractivity (Wildman–Crippen MR) is 82.5 cm³/mol. The molecule has 0 atom stereocenters. The summed E-state index contributed by atoms with van der Waals surface area (Å²) in [5.74, 6) is 0. The van der Waals surface area contributed by atoms with Crippen molar-refractivity contribution in [3.63, 3.8) is 0 Å². The molecule has 1 rings (SSSR count). The van der Waals surface area contributed by atoms with E-state index in [4.69, 9.17) is 0 Å². The van der Waals surface area contributed by atoms with Crippen molar-refractivity contribution in [2.75, 3.05) is 18.5 Å². The SMILES string of the molecule is CCC(CC)(CO)CNc1ccc(C)c(I)c1. The van der Waals surface area contributed by atoms with E-state index in [9.17, 15) is 5.11 Å². The first-order valence-electron chi connectivity index (χ1n) is 6.18. The Hall–Kier alpha value is -0.290. The van der Waals surface area contributed by atoms with Crippen molar-refractivity contribution in [1.82, 2.24) is 0 Å². The molecule has 0 aromatic heterocycles. The number of rotatable bonds is 6. The number of hydrogen-bond acceptors (Lipinski definition) is 2. The highest BCUT2D eigenvalue weighted by molar-refractivity contribution is 14.1. The summed E-state index contributed by atoms with van der Waals surface area (Å²) in [5, 5.41) is 13.0. The van der Waals surface area contributed by atoms with Gasteiger partial charge in [-0.25, -0.2) is 0 Å². The molecule has 0 aliphatic carbocycles. The fourth-order valence-corrected chi connectivity index (χ4v) is 2.29. The molecule has 17 heavy (non-hydrogen) atoms. The molecule has 2 N–H and O–H groups in total. The molecule has 0 bridgehead atoms. The van der Waals surface area contributed by atoms with E-state index < -0.39 is 0 Å². The number of benzene rings is 1. The summed E-state index contributed by atoms with van der Waals surface area (Å²) >= 11 is 2.35. The van der Waals surface area contributed by atoms with Crippen LogP contribution in [0.25, 0.3) is 0 Å². The van der Waals surface area contributed by atoms with Crippen molar-refractivity contribution in [3.05, 3.63) is 27.3 Å². The van der Waals surface area contributed by atoms with Crippen molar-refractivity contribution < 1.29 is 5.11 Å². The maximum absolute atomic E-state index is 9.51. The molecular formula is C14H22INO. The minimum absolute atomic E-state index is 0.0102. The number of anilines is 1. The van der Waals surface area contributed by atoms with Crippen LogP contribution in [0.1, 0.15) is 32.3 Å². The van der Waals surface area contributed by atoms with Crippen LogP contribution in [0.15, 0.2) is 18.2 Å². The van der Waals surface area contributed by atoms with Gasteiger partial charge in [0.15, 0.2) is 0 Å². The third-order valence-corrected chi connectivity index (χ3v) is 4.84. The van der Waals surface area contributed by atoms with Gasteiger partial charge in [-0.1, -0.05) is 19.9 Å². The van der Waals surface area contributed by atoms with Crippen molar-refractivity contribution in [2.45, 2.75) is 33.6 Å². The van der Waals surface area contributed by atoms with E-state index in [0.717, 1.165) is 25.1 Å². The number of halogens is 1. The first-order chi connectivity index (χ1) is 8.06. The number of aliphatic hydroxyl groups excluding tert-OH is 1. The van der Waals surface area contributed by atoms with E-state index in [-0.39, 0.29) is 12.0 Å². The molecule has 1 aromatic rings. The van der Waals surface area contributed by atoms with Crippen LogP contribution >= 0.6 is 22.6 Å². The molecule has 0 heterocycles. The Morgan fingerprint density at radius 2 is 1.94 bits per heavy atom. The van der Waals surface area contributed by atoms with Crippen molar-refractivity contribution in [2.24, 2.45) is 5.41 Å². The lowest BCUT2D eigenvalue weighted by Crippen LogP contribution is -2.32. The van der Waals surface area contributed by atoms with Gasteiger partial charge >= 0.3 is 0 Å². The second-order valence-corrected chi connectivity index (χ2v) is 5.84. The van der Waals surface area contributed by atoms with Gasteiger partial charge in [0.2, 0.25) is 0 Å². The summed E-state index contributed by atoms with van der Waals surface area (Å²) in [6, 6.07) is 6.39. The zero-order chi connectivity index (χ0) is 12.9. The van der Waals surface area contributed by atoms with Crippen LogP contribution < -0.4 is 5.32 Å². The van der Waals surface area contributed by atoms with Crippen LogP contribution in [0.3, 0.4) is 0 Å². The summed E-state index contributed by atoms with van der Waals surface area (Å²) in [6.07, 6.45) is 1.99. The molecule has 0 unspecified atom stereocenters. The number of nitrogens with one attached hydrogen (secondary N) is 1. The van der Waals surface area contributed by atoms with E-state index in [1.807, 2.05) is 0 Å². The number of aliphatic hydroxyl groups is 1. The second-order valence-electron chi connectivity index (χ2n) is 4.68. The predicted octanol–water partition coefficient (Wildman–Crippen LogP) is 3.81. The topological polar surface area (TPSA) is 32.3 Å². The molecule has 0 aliphatic heterocycles. The number of hydrogen-bond donors (Lipinski definition) is 2. The quantitative estimate of drug-likeness (QED) is 0.767. The van der Waals surface area contributed by atoms with Gasteiger partial charge in [-0.2, -0.15) is 0 Å². The summed E-state index contributed by atoms with van der Waals surface area (Å²) < 4.78 is 1.27. The molecule has 0 fully saturated rings. The maximum Gasteiger partial charge on any atom is 0.0504 e. The monoisotopic (exact) mass is 347 g/mol. The van der Waals surface area contributed by atoms with E-state index in [1.54, 1.807) is 0 Å². The molecule has 0 amide bonds. The highest BCUT2D eigenvalue weighted by Gasteiger charge is 2.24. The van der Waals surface area contributed by atoms with Crippen LogP contribution in [0.2, 0.25) is 0 Å². The molecule has 1 aromatic carbocycles. The molecule has 0 saturated carbocycles. The Labute approximate surface area is 118 Å². The van der Waals surface area contributed by atoms with Crippen LogP contribution in [-0.4, -0.2) is 18.3 Å². The highest BCUT2D eigenvalue weighted by Crippen LogP contribution is 2.26. The lowest BCUT2D eigenvalue weighted by molar-refractivity contribution is 0.127. The molecule has 0 saturated heterocycles. The van der Waals surface area contributed by atoms with Crippen molar-refractivity contribution >= 4 is 28.3 Å². The molecule has 0 spiro atoms. The largest absolute Gasteiger partial charge is 0.396 e. The zero-order valence-electron chi connectivity index (χ0n) is 10.9. The standard InChI is InChI=1S/C14H22INO/c1-4-14(5-2,10-17)9-16-12-7-6-11(3)13(15)8-12/h6-8,16-17H,4-5,9-10H2,1-3H3. The van der Waals surface area contributed by atoms with E-state index in [1.165, 1.54) is 9.13 Å². The average Bonchev–Trinajstić information content (AvgIpc) is 2.36. The Morgan fingerprint density at radius 3 is 2.41 bits per heavy atom. The zero-order valence-corrected chi connectivity index (χ0v) is 13.0. The van der Waals surface area contributed by atoms with Crippen LogP contribution in [0.4, 0.5) is 5.69 Å². The molecule has 2 nitrogen and oxygen atoms in total. The Balaban J connectivity index is 2.68.